The molecule has 98 valence electrons. The summed E-state index contributed by atoms with van der Waals surface area (Å²) >= 11 is 5.70. The number of nitrogens with zero attached hydrogens (tertiary/aromatic N) is 2. The lowest BCUT2D eigenvalue weighted by Crippen LogP contribution is -2.13. The Balaban J connectivity index is 2.18. The fraction of sp³-hybridized carbons (Fsp3) is 0.0909. The largest absolute Gasteiger partial charge is 0.351 e. The zero-order chi connectivity index (χ0) is 14.0. The maximum Gasteiger partial charge on any atom is 0.287 e. The highest BCUT2D eigenvalue weighted by molar-refractivity contribution is 6.29. The molecule has 0 aromatic carbocycles. The molecule has 0 unspecified atom stereocenters. The van der Waals surface area contributed by atoms with E-state index in [-0.39, 0.29) is 11.4 Å². The van der Waals surface area contributed by atoms with Gasteiger partial charge in [0.15, 0.2) is 0 Å². The molecule has 0 spiro atoms. The second-order valence-electron chi connectivity index (χ2n) is 3.75. The number of carbonyl (C=O) groups is 1. The Morgan fingerprint density at radius 2 is 2.26 bits per heavy atom. The number of nitro groups is 1. The number of H-pyrrole nitrogens is 1. The monoisotopic (exact) mass is 280 g/mol. The van der Waals surface area contributed by atoms with E-state index in [0.29, 0.717) is 16.5 Å². The van der Waals surface area contributed by atoms with Crippen LogP contribution >= 0.6 is 11.6 Å². The summed E-state index contributed by atoms with van der Waals surface area (Å²) in [5.74, 6) is -0.486. The smallest absolute Gasteiger partial charge is 0.287 e. The summed E-state index contributed by atoms with van der Waals surface area (Å²) in [4.78, 5) is 28.3. The molecular weight excluding hydrogens is 272 g/mol. The maximum atomic E-state index is 11.9. The first-order valence-electron chi connectivity index (χ1n) is 5.24. The van der Waals surface area contributed by atoms with E-state index in [9.17, 15) is 14.9 Å². The first kappa shape index (κ1) is 13.0. The van der Waals surface area contributed by atoms with Crippen LogP contribution in [-0.4, -0.2) is 20.8 Å². The zero-order valence-electron chi connectivity index (χ0n) is 9.81. The van der Waals surface area contributed by atoms with Crippen molar-refractivity contribution in [2.75, 3.05) is 5.32 Å². The molecule has 1 amide bonds. The number of halogens is 1. The molecule has 19 heavy (non-hydrogen) atoms. The number of rotatable bonds is 3. The quantitative estimate of drug-likeness (QED) is 0.512. The molecule has 2 rings (SSSR count). The van der Waals surface area contributed by atoms with Crippen LogP contribution < -0.4 is 5.32 Å². The third-order valence-corrected chi connectivity index (χ3v) is 2.63. The number of nitrogens with one attached hydrogen (secondary N) is 2. The number of aryl methyl sites for hydroxylation is 1. The van der Waals surface area contributed by atoms with Crippen molar-refractivity contribution in [2.24, 2.45) is 0 Å². The van der Waals surface area contributed by atoms with Gasteiger partial charge in [-0.2, -0.15) is 0 Å². The van der Waals surface area contributed by atoms with Crippen LogP contribution in [0.15, 0.2) is 24.4 Å². The number of anilines is 1. The highest BCUT2D eigenvalue weighted by Crippen LogP contribution is 2.18. The minimum absolute atomic E-state index is 0.0982. The zero-order valence-corrected chi connectivity index (χ0v) is 10.6. The van der Waals surface area contributed by atoms with Crippen LogP contribution in [0.25, 0.3) is 0 Å². The molecule has 7 nitrogen and oxygen atoms in total. The SMILES string of the molecule is Cc1nc(Cl)ccc1NC(=O)c1cc([N+](=O)[O-])c[nH]1. The highest BCUT2D eigenvalue weighted by atomic mass is 35.5. The highest BCUT2D eigenvalue weighted by Gasteiger charge is 2.15. The average molecular weight is 281 g/mol. The van der Waals surface area contributed by atoms with Gasteiger partial charge in [-0.25, -0.2) is 4.98 Å². The van der Waals surface area contributed by atoms with Crippen molar-refractivity contribution in [2.45, 2.75) is 6.92 Å². The minimum Gasteiger partial charge on any atom is -0.351 e. The lowest BCUT2D eigenvalue weighted by molar-refractivity contribution is -0.384. The summed E-state index contributed by atoms with van der Waals surface area (Å²) in [5.41, 5.74) is 0.978. The summed E-state index contributed by atoms with van der Waals surface area (Å²) in [7, 11) is 0. The number of carbonyl (C=O) groups excluding carboxylic acids is 1. The van der Waals surface area contributed by atoms with Gasteiger partial charge in [0.1, 0.15) is 10.8 Å². The second-order valence-corrected chi connectivity index (χ2v) is 4.14. The van der Waals surface area contributed by atoms with Gasteiger partial charge in [0, 0.05) is 6.07 Å². The van der Waals surface area contributed by atoms with Crippen molar-refractivity contribution in [3.8, 4) is 0 Å². The van der Waals surface area contributed by atoms with E-state index in [0.717, 1.165) is 12.3 Å². The normalized spacial score (nSPS) is 10.2. The number of aromatic nitrogens is 2. The van der Waals surface area contributed by atoms with Crippen LogP contribution in [-0.2, 0) is 0 Å². The van der Waals surface area contributed by atoms with Gasteiger partial charge in [-0.1, -0.05) is 11.6 Å². The molecule has 0 radical (unpaired) electrons. The number of aromatic amines is 1. The molecular formula is C11H9ClN4O3. The van der Waals surface area contributed by atoms with Crippen molar-refractivity contribution in [3.63, 3.8) is 0 Å². The lowest BCUT2D eigenvalue weighted by atomic mass is 10.3. The molecule has 0 saturated heterocycles. The fourth-order valence-corrected chi connectivity index (χ4v) is 1.66. The number of amides is 1. The molecule has 2 heterocycles. The molecule has 0 fully saturated rings. The average Bonchev–Trinajstić information content (AvgIpc) is 2.82. The summed E-state index contributed by atoms with van der Waals surface area (Å²) in [5, 5.41) is 13.4. The Morgan fingerprint density at radius 1 is 1.53 bits per heavy atom. The number of hydrogen-bond donors (Lipinski definition) is 2. The van der Waals surface area contributed by atoms with Gasteiger partial charge in [0.2, 0.25) is 0 Å². The van der Waals surface area contributed by atoms with E-state index in [4.69, 9.17) is 11.6 Å². The lowest BCUT2D eigenvalue weighted by Gasteiger charge is -2.06. The summed E-state index contributed by atoms with van der Waals surface area (Å²) in [6.07, 6.45) is 1.15. The van der Waals surface area contributed by atoms with Crippen molar-refractivity contribution in [3.05, 3.63) is 51.1 Å². The first-order valence-corrected chi connectivity index (χ1v) is 5.62. The summed E-state index contributed by atoms with van der Waals surface area (Å²) in [6, 6.07) is 4.31. The van der Waals surface area contributed by atoms with E-state index in [2.05, 4.69) is 15.3 Å². The van der Waals surface area contributed by atoms with Crippen molar-refractivity contribution < 1.29 is 9.72 Å². The van der Waals surface area contributed by atoms with Crippen LogP contribution in [0.3, 0.4) is 0 Å². The van der Waals surface area contributed by atoms with Crippen LogP contribution in [0.4, 0.5) is 11.4 Å². The van der Waals surface area contributed by atoms with Crippen LogP contribution in [0.5, 0.6) is 0 Å². The Labute approximate surface area is 112 Å². The molecule has 2 N–H and O–H groups in total. The topological polar surface area (TPSA) is 101 Å². The molecule has 0 aliphatic rings. The number of hydrogen-bond acceptors (Lipinski definition) is 4. The van der Waals surface area contributed by atoms with Gasteiger partial charge < -0.3 is 10.3 Å². The van der Waals surface area contributed by atoms with Crippen LogP contribution in [0.2, 0.25) is 5.15 Å². The summed E-state index contributed by atoms with van der Waals surface area (Å²) in [6.45, 7) is 1.69. The van der Waals surface area contributed by atoms with Gasteiger partial charge in [-0.05, 0) is 19.1 Å². The Bertz CT molecular complexity index is 653. The van der Waals surface area contributed by atoms with E-state index in [1.807, 2.05) is 0 Å². The predicted molar refractivity (Wildman–Crippen MR) is 69.4 cm³/mol. The Morgan fingerprint density at radius 3 is 2.84 bits per heavy atom. The maximum absolute atomic E-state index is 11.9. The molecule has 0 atom stereocenters. The Hall–Kier alpha value is -2.41. The van der Waals surface area contributed by atoms with Crippen LogP contribution in [0, 0.1) is 17.0 Å². The molecule has 2 aromatic rings. The van der Waals surface area contributed by atoms with Crippen molar-refractivity contribution >= 4 is 28.9 Å². The van der Waals surface area contributed by atoms with E-state index in [1.54, 1.807) is 19.1 Å². The van der Waals surface area contributed by atoms with Gasteiger partial charge >= 0.3 is 0 Å². The van der Waals surface area contributed by atoms with Crippen molar-refractivity contribution in [1.82, 2.24) is 9.97 Å². The first-order chi connectivity index (χ1) is 8.97. The third-order valence-electron chi connectivity index (χ3n) is 2.42. The van der Waals surface area contributed by atoms with Gasteiger partial charge in [0.05, 0.1) is 22.5 Å². The van der Waals surface area contributed by atoms with E-state index < -0.39 is 10.8 Å². The second kappa shape index (κ2) is 5.07. The minimum atomic E-state index is -0.581. The predicted octanol–water partition coefficient (Wildman–Crippen LogP) is 2.53. The van der Waals surface area contributed by atoms with E-state index >= 15 is 0 Å². The molecule has 8 heteroatoms. The van der Waals surface area contributed by atoms with E-state index in [1.165, 1.54) is 0 Å². The Kier molecular flexibility index (Phi) is 3.48. The summed E-state index contributed by atoms with van der Waals surface area (Å²) < 4.78 is 0. The fourth-order valence-electron chi connectivity index (χ4n) is 1.47. The number of pyridine rings is 1. The van der Waals surface area contributed by atoms with Gasteiger partial charge in [-0.15, -0.1) is 0 Å². The van der Waals surface area contributed by atoms with Gasteiger partial charge in [-0.3, -0.25) is 14.9 Å². The molecule has 2 aromatic heterocycles. The molecule has 0 saturated carbocycles. The van der Waals surface area contributed by atoms with Gasteiger partial charge in [0.25, 0.3) is 11.6 Å². The van der Waals surface area contributed by atoms with Crippen LogP contribution in [0.1, 0.15) is 16.2 Å². The van der Waals surface area contributed by atoms with Crippen molar-refractivity contribution in [1.29, 1.82) is 0 Å². The molecule has 0 aliphatic carbocycles. The third kappa shape index (κ3) is 2.89. The standard InChI is InChI=1S/C11H9ClN4O3/c1-6-8(2-3-10(12)14-6)15-11(17)9-4-7(5-13-9)16(18)19/h2-5,13H,1H3,(H,15,17). The molecule has 0 bridgehead atoms. The molecule has 0 aliphatic heterocycles.